The van der Waals surface area contributed by atoms with Gasteiger partial charge in [-0.15, -0.1) is 0 Å². The van der Waals surface area contributed by atoms with E-state index in [0.717, 1.165) is 19.6 Å². The molecule has 0 spiro atoms. The normalized spacial score (nSPS) is 13.2. The van der Waals surface area contributed by atoms with Crippen LogP contribution in [0.3, 0.4) is 0 Å². The van der Waals surface area contributed by atoms with Crippen molar-refractivity contribution in [3.05, 3.63) is 0 Å². The van der Waals surface area contributed by atoms with Gasteiger partial charge in [-0.1, -0.05) is 13.8 Å². The van der Waals surface area contributed by atoms with Crippen LogP contribution in [0.4, 0.5) is 0 Å². The van der Waals surface area contributed by atoms with Gasteiger partial charge in [0, 0.05) is 5.75 Å². The van der Waals surface area contributed by atoms with Gasteiger partial charge < -0.3 is 10.0 Å². The summed E-state index contributed by atoms with van der Waals surface area (Å²) in [5.74, 6) is -0.609. The number of aliphatic carboxylic acids is 1. The van der Waals surface area contributed by atoms with Gasteiger partial charge in [0.2, 0.25) is 0 Å². The van der Waals surface area contributed by atoms with Crippen molar-refractivity contribution in [2.24, 2.45) is 5.92 Å². The van der Waals surface area contributed by atoms with Crippen molar-refractivity contribution < 1.29 is 9.90 Å². The standard InChI is InChI=1S/C9H19NO2S/c1-3-10(4-2)6-5-8(7-13)9(11)12/h8,13H,3-7H2,1-2H3,(H,11,12). The minimum Gasteiger partial charge on any atom is -0.481 e. The van der Waals surface area contributed by atoms with Crippen molar-refractivity contribution in [1.29, 1.82) is 0 Å². The molecule has 0 aromatic rings. The zero-order valence-electron chi connectivity index (χ0n) is 8.36. The van der Waals surface area contributed by atoms with Gasteiger partial charge in [0.25, 0.3) is 0 Å². The molecule has 0 aromatic carbocycles. The summed E-state index contributed by atoms with van der Waals surface area (Å²) >= 11 is 4.02. The van der Waals surface area contributed by atoms with E-state index in [-0.39, 0.29) is 5.92 Å². The van der Waals surface area contributed by atoms with E-state index in [1.165, 1.54) is 0 Å². The molecule has 0 aliphatic carbocycles. The average Bonchev–Trinajstić information content (AvgIpc) is 2.12. The summed E-state index contributed by atoms with van der Waals surface area (Å²) in [6, 6.07) is 0. The second-order valence-electron chi connectivity index (χ2n) is 3.03. The van der Waals surface area contributed by atoms with E-state index in [2.05, 4.69) is 31.4 Å². The molecule has 0 rings (SSSR count). The van der Waals surface area contributed by atoms with Crippen molar-refractivity contribution in [1.82, 2.24) is 4.90 Å². The molecule has 4 heteroatoms. The highest BCUT2D eigenvalue weighted by atomic mass is 32.1. The average molecular weight is 205 g/mol. The molecule has 0 aliphatic rings. The summed E-state index contributed by atoms with van der Waals surface area (Å²) in [5, 5.41) is 8.76. The molecule has 1 atom stereocenters. The highest BCUT2D eigenvalue weighted by Crippen LogP contribution is 2.06. The number of hydrogen-bond acceptors (Lipinski definition) is 3. The predicted octanol–water partition coefficient (Wildman–Crippen LogP) is 1.35. The Morgan fingerprint density at radius 1 is 1.46 bits per heavy atom. The van der Waals surface area contributed by atoms with E-state index in [1.54, 1.807) is 0 Å². The van der Waals surface area contributed by atoms with E-state index in [1.807, 2.05) is 0 Å². The topological polar surface area (TPSA) is 40.5 Å². The van der Waals surface area contributed by atoms with Crippen LogP contribution in [0.25, 0.3) is 0 Å². The third-order valence-corrected chi connectivity index (χ3v) is 2.70. The summed E-state index contributed by atoms with van der Waals surface area (Å²) in [6.45, 7) is 6.98. The third kappa shape index (κ3) is 5.16. The Kier molecular flexibility index (Phi) is 7.09. The smallest absolute Gasteiger partial charge is 0.307 e. The zero-order valence-corrected chi connectivity index (χ0v) is 9.26. The van der Waals surface area contributed by atoms with E-state index in [9.17, 15) is 4.79 Å². The van der Waals surface area contributed by atoms with Crippen LogP contribution in [0, 0.1) is 5.92 Å². The van der Waals surface area contributed by atoms with Gasteiger partial charge >= 0.3 is 5.97 Å². The molecule has 1 N–H and O–H groups in total. The number of rotatable bonds is 7. The number of carboxylic acid groups (broad SMARTS) is 1. The Morgan fingerprint density at radius 2 is 2.00 bits per heavy atom. The zero-order chi connectivity index (χ0) is 10.3. The molecule has 3 nitrogen and oxygen atoms in total. The molecule has 0 saturated carbocycles. The Balaban J connectivity index is 3.76. The lowest BCUT2D eigenvalue weighted by molar-refractivity contribution is -0.141. The largest absolute Gasteiger partial charge is 0.481 e. The van der Waals surface area contributed by atoms with Gasteiger partial charge in [0.1, 0.15) is 0 Å². The Morgan fingerprint density at radius 3 is 2.31 bits per heavy atom. The van der Waals surface area contributed by atoms with Gasteiger partial charge in [0.15, 0.2) is 0 Å². The van der Waals surface area contributed by atoms with E-state index >= 15 is 0 Å². The first-order chi connectivity index (χ1) is 6.15. The van der Waals surface area contributed by atoms with Crippen molar-refractivity contribution in [3.8, 4) is 0 Å². The summed E-state index contributed by atoms with van der Waals surface area (Å²) in [6.07, 6.45) is 0.695. The van der Waals surface area contributed by atoms with Crippen molar-refractivity contribution in [3.63, 3.8) is 0 Å². The Bertz CT molecular complexity index is 149. The minimum absolute atomic E-state index is 0.302. The molecular weight excluding hydrogens is 186 g/mol. The van der Waals surface area contributed by atoms with Gasteiger partial charge in [0.05, 0.1) is 5.92 Å². The molecule has 0 bridgehead atoms. The van der Waals surface area contributed by atoms with Gasteiger partial charge in [-0.05, 0) is 26.1 Å². The molecule has 0 saturated heterocycles. The maximum Gasteiger partial charge on any atom is 0.307 e. The fourth-order valence-corrected chi connectivity index (χ4v) is 1.51. The van der Waals surface area contributed by atoms with Crippen LogP contribution in [0.15, 0.2) is 0 Å². The molecule has 0 amide bonds. The van der Waals surface area contributed by atoms with Crippen molar-refractivity contribution >= 4 is 18.6 Å². The van der Waals surface area contributed by atoms with E-state index < -0.39 is 5.97 Å². The lowest BCUT2D eigenvalue weighted by Crippen LogP contribution is -2.28. The number of carbonyl (C=O) groups is 1. The first-order valence-electron chi connectivity index (χ1n) is 4.71. The summed E-state index contributed by atoms with van der Waals surface area (Å²) in [5.41, 5.74) is 0. The first-order valence-corrected chi connectivity index (χ1v) is 5.34. The summed E-state index contributed by atoms with van der Waals surface area (Å²) < 4.78 is 0. The maximum atomic E-state index is 10.7. The van der Waals surface area contributed by atoms with Crippen LogP contribution in [0.2, 0.25) is 0 Å². The Labute approximate surface area is 85.5 Å². The molecule has 1 unspecified atom stereocenters. The molecule has 0 fully saturated rings. The van der Waals surface area contributed by atoms with E-state index in [4.69, 9.17) is 5.11 Å². The maximum absolute atomic E-state index is 10.7. The van der Waals surface area contributed by atoms with Gasteiger partial charge in [-0.2, -0.15) is 12.6 Å². The minimum atomic E-state index is -0.734. The van der Waals surface area contributed by atoms with Crippen LogP contribution in [-0.4, -0.2) is 41.4 Å². The fraction of sp³-hybridized carbons (Fsp3) is 0.889. The fourth-order valence-electron chi connectivity index (χ4n) is 1.17. The van der Waals surface area contributed by atoms with E-state index in [0.29, 0.717) is 12.2 Å². The van der Waals surface area contributed by atoms with Crippen LogP contribution < -0.4 is 0 Å². The lowest BCUT2D eigenvalue weighted by atomic mass is 10.1. The van der Waals surface area contributed by atoms with Crippen molar-refractivity contribution in [2.45, 2.75) is 20.3 Å². The number of nitrogens with zero attached hydrogens (tertiary/aromatic N) is 1. The molecule has 0 radical (unpaired) electrons. The first kappa shape index (κ1) is 12.8. The molecular formula is C9H19NO2S. The summed E-state index contributed by atoms with van der Waals surface area (Å²) in [7, 11) is 0. The molecule has 0 heterocycles. The van der Waals surface area contributed by atoms with Gasteiger partial charge in [-0.3, -0.25) is 4.79 Å². The second kappa shape index (κ2) is 7.21. The quantitative estimate of drug-likeness (QED) is 0.616. The molecule has 0 aromatic heterocycles. The molecule has 13 heavy (non-hydrogen) atoms. The number of hydrogen-bond donors (Lipinski definition) is 2. The van der Waals surface area contributed by atoms with Gasteiger partial charge in [-0.25, -0.2) is 0 Å². The second-order valence-corrected chi connectivity index (χ2v) is 3.40. The Hall–Kier alpha value is -0.220. The molecule has 78 valence electrons. The summed E-state index contributed by atoms with van der Waals surface area (Å²) in [4.78, 5) is 12.9. The third-order valence-electron chi connectivity index (χ3n) is 2.26. The predicted molar refractivity (Wildman–Crippen MR) is 57.4 cm³/mol. The highest BCUT2D eigenvalue weighted by molar-refractivity contribution is 7.80. The number of thiol groups is 1. The van der Waals surface area contributed by atoms with Crippen LogP contribution >= 0.6 is 12.6 Å². The molecule has 0 aliphatic heterocycles. The SMILES string of the molecule is CCN(CC)CCC(CS)C(=O)O. The van der Waals surface area contributed by atoms with Crippen molar-refractivity contribution in [2.75, 3.05) is 25.4 Å². The highest BCUT2D eigenvalue weighted by Gasteiger charge is 2.15. The lowest BCUT2D eigenvalue weighted by Gasteiger charge is -2.19. The monoisotopic (exact) mass is 205 g/mol. The van der Waals surface area contributed by atoms with Crippen LogP contribution in [0.5, 0.6) is 0 Å². The van der Waals surface area contributed by atoms with Crippen LogP contribution in [0.1, 0.15) is 20.3 Å². The number of carboxylic acids is 1. The van der Waals surface area contributed by atoms with Crippen LogP contribution in [-0.2, 0) is 4.79 Å².